The summed E-state index contributed by atoms with van der Waals surface area (Å²) in [6, 6.07) is 0. The van der Waals surface area contributed by atoms with Gasteiger partial charge in [-0.05, 0) is 25.8 Å². The number of esters is 1. The Bertz CT molecular complexity index is 347. The molecule has 82 valence electrons. The SMILES string of the molecule is CCOC(=O)C1Cc2cn(CC)nc2C1. The lowest BCUT2D eigenvalue weighted by atomic mass is 10.1. The third kappa shape index (κ3) is 1.89. The van der Waals surface area contributed by atoms with Gasteiger partial charge in [0, 0.05) is 19.2 Å². The highest BCUT2D eigenvalue weighted by Crippen LogP contribution is 2.26. The van der Waals surface area contributed by atoms with Crippen LogP contribution in [0, 0.1) is 5.92 Å². The number of carbonyl (C=O) groups is 1. The van der Waals surface area contributed by atoms with Crippen molar-refractivity contribution in [2.75, 3.05) is 6.61 Å². The number of ether oxygens (including phenoxy) is 1. The Morgan fingerprint density at radius 3 is 3.00 bits per heavy atom. The minimum Gasteiger partial charge on any atom is -0.466 e. The van der Waals surface area contributed by atoms with E-state index in [1.54, 1.807) is 0 Å². The second kappa shape index (κ2) is 4.04. The van der Waals surface area contributed by atoms with E-state index < -0.39 is 0 Å². The Morgan fingerprint density at radius 2 is 2.40 bits per heavy atom. The zero-order chi connectivity index (χ0) is 10.8. The largest absolute Gasteiger partial charge is 0.466 e. The van der Waals surface area contributed by atoms with Gasteiger partial charge in [-0.1, -0.05) is 0 Å². The molecule has 4 nitrogen and oxygen atoms in total. The number of aromatic nitrogens is 2. The zero-order valence-corrected chi connectivity index (χ0v) is 9.19. The number of hydrogen-bond donors (Lipinski definition) is 0. The van der Waals surface area contributed by atoms with Crippen molar-refractivity contribution in [3.63, 3.8) is 0 Å². The van der Waals surface area contributed by atoms with Crippen LogP contribution in [0.15, 0.2) is 6.20 Å². The summed E-state index contributed by atoms with van der Waals surface area (Å²) in [5.41, 5.74) is 2.27. The number of fused-ring (bicyclic) bond motifs is 1. The van der Waals surface area contributed by atoms with Crippen molar-refractivity contribution in [2.45, 2.75) is 33.2 Å². The molecule has 0 N–H and O–H groups in total. The lowest BCUT2D eigenvalue weighted by Gasteiger charge is -2.07. The Kier molecular flexibility index (Phi) is 2.75. The molecule has 1 unspecified atom stereocenters. The van der Waals surface area contributed by atoms with Crippen molar-refractivity contribution in [2.24, 2.45) is 5.92 Å². The van der Waals surface area contributed by atoms with Gasteiger partial charge in [-0.3, -0.25) is 9.48 Å². The molecule has 1 aliphatic rings. The Morgan fingerprint density at radius 1 is 1.60 bits per heavy atom. The molecule has 0 amide bonds. The molecule has 15 heavy (non-hydrogen) atoms. The van der Waals surface area contributed by atoms with Gasteiger partial charge in [0.25, 0.3) is 0 Å². The minimum atomic E-state index is -0.0847. The average Bonchev–Trinajstić information content (AvgIpc) is 2.74. The van der Waals surface area contributed by atoms with Crippen LogP contribution in [0.4, 0.5) is 0 Å². The van der Waals surface area contributed by atoms with Crippen molar-refractivity contribution in [1.29, 1.82) is 0 Å². The van der Waals surface area contributed by atoms with Crippen molar-refractivity contribution in [1.82, 2.24) is 9.78 Å². The molecule has 2 rings (SSSR count). The van der Waals surface area contributed by atoms with Gasteiger partial charge in [-0.25, -0.2) is 0 Å². The van der Waals surface area contributed by atoms with E-state index in [2.05, 4.69) is 12.0 Å². The Balaban J connectivity index is 2.04. The van der Waals surface area contributed by atoms with Crippen LogP contribution in [0.25, 0.3) is 0 Å². The van der Waals surface area contributed by atoms with E-state index in [4.69, 9.17) is 4.74 Å². The molecule has 0 saturated heterocycles. The van der Waals surface area contributed by atoms with Crippen LogP contribution in [-0.2, 0) is 28.9 Å². The van der Waals surface area contributed by atoms with Gasteiger partial charge >= 0.3 is 5.97 Å². The monoisotopic (exact) mass is 208 g/mol. The predicted molar refractivity (Wildman–Crippen MR) is 55.4 cm³/mol. The van der Waals surface area contributed by atoms with Crippen molar-refractivity contribution >= 4 is 5.97 Å². The van der Waals surface area contributed by atoms with E-state index in [0.717, 1.165) is 25.1 Å². The topological polar surface area (TPSA) is 44.1 Å². The summed E-state index contributed by atoms with van der Waals surface area (Å²) in [5.74, 6) is -0.0903. The molecule has 1 aromatic heterocycles. The number of aryl methyl sites for hydroxylation is 1. The van der Waals surface area contributed by atoms with E-state index in [9.17, 15) is 4.79 Å². The normalized spacial score (nSPS) is 18.9. The lowest BCUT2D eigenvalue weighted by Crippen LogP contribution is -2.18. The van der Waals surface area contributed by atoms with Crippen LogP contribution >= 0.6 is 0 Å². The molecule has 1 heterocycles. The van der Waals surface area contributed by atoms with Gasteiger partial charge in [0.15, 0.2) is 0 Å². The van der Waals surface area contributed by atoms with E-state index in [-0.39, 0.29) is 11.9 Å². The summed E-state index contributed by atoms with van der Waals surface area (Å²) in [7, 11) is 0. The third-order valence-corrected chi connectivity index (χ3v) is 2.77. The number of carbonyl (C=O) groups excluding carboxylic acids is 1. The van der Waals surface area contributed by atoms with Gasteiger partial charge in [-0.15, -0.1) is 0 Å². The molecule has 1 atom stereocenters. The van der Waals surface area contributed by atoms with Gasteiger partial charge < -0.3 is 4.74 Å². The van der Waals surface area contributed by atoms with E-state index >= 15 is 0 Å². The summed E-state index contributed by atoms with van der Waals surface area (Å²) < 4.78 is 6.93. The fraction of sp³-hybridized carbons (Fsp3) is 0.636. The fourth-order valence-electron chi connectivity index (χ4n) is 2.00. The second-order valence-corrected chi connectivity index (χ2v) is 3.81. The quantitative estimate of drug-likeness (QED) is 0.701. The predicted octanol–water partition coefficient (Wildman–Crippen LogP) is 1.18. The molecule has 0 radical (unpaired) electrons. The average molecular weight is 208 g/mol. The van der Waals surface area contributed by atoms with E-state index in [1.165, 1.54) is 5.56 Å². The first-order chi connectivity index (χ1) is 7.24. The van der Waals surface area contributed by atoms with E-state index in [0.29, 0.717) is 6.61 Å². The Labute approximate surface area is 89.2 Å². The summed E-state index contributed by atoms with van der Waals surface area (Å²) in [6.07, 6.45) is 3.56. The number of nitrogens with zero attached hydrogens (tertiary/aromatic N) is 2. The second-order valence-electron chi connectivity index (χ2n) is 3.81. The minimum absolute atomic E-state index is 0.00560. The molecular formula is C11H16N2O2. The number of rotatable bonds is 3. The van der Waals surface area contributed by atoms with Gasteiger partial charge in [-0.2, -0.15) is 5.10 Å². The van der Waals surface area contributed by atoms with Gasteiger partial charge in [0.05, 0.1) is 18.2 Å². The molecule has 0 saturated carbocycles. The highest BCUT2D eigenvalue weighted by Gasteiger charge is 2.30. The maximum atomic E-state index is 11.5. The van der Waals surface area contributed by atoms with Crippen LogP contribution in [0.1, 0.15) is 25.1 Å². The lowest BCUT2D eigenvalue weighted by molar-refractivity contribution is -0.147. The van der Waals surface area contributed by atoms with Crippen molar-refractivity contribution in [3.05, 3.63) is 17.5 Å². The molecule has 0 aromatic carbocycles. The van der Waals surface area contributed by atoms with Crippen LogP contribution in [0.3, 0.4) is 0 Å². The highest BCUT2D eigenvalue weighted by molar-refractivity contribution is 5.74. The highest BCUT2D eigenvalue weighted by atomic mass is 16.5. The summed E-state index contributed by atoms with van der Waals surface area (Å²) in [6.45, 7) is 5.24. The molecule has 4 heteroatoms. The molecule has 0 bridgehead atoms. The molecule has 0 spiro atoms. The summed E-state index contributed by atoms with van der Waals surface area (Å²) in [5, 5.41) is 4.41. The van der Waals surface area contributed by atoms with Crippen LogP contribution in [0.5, 0.6) is 0 Å². The van der Waals surface area contributed by atoms with E-state index in [1.807, 2.05) is 17.8 Å². The first-order valence-corrected chi connectivity index (χ1v) is 5.46. The maximum absolute atomic E-state index is 11.5. The first kappa shape index (κ1) is 10.2. The third-order valence-electron chi connectivity index (χ3n) is 2.77. The van der Waals surface area contributed by atoms with Gasteiger partial charge in [0.1, 0.15) is 0 Å². The van der Waals surface area contributed by atoms with Gasteiger partial charge in [0.2, 0.25) is 0 Å². The Hall–Kier alpha value is -1.32. The molecule has 0 aliphatic heterocycles. The molecule has 1 aromatic rings. The molecule has 0 fully saturated rings. The summed E-state index contributed by atoms with van der Waals surface area (Å²) in [4.78, 5) is 11.5. The smallest absolute Gasteiger partial charge is 0.309 e. The number of hydrogen-bond acceptors (Lipinski definition) is 3. The van der Waals surface area contributed by atoms with Crippen LogP contribution in [0.2, 0.25) is 0 Å². The zero-order valence-electron chi connectivity index (χ0n) is 9.19. The van der Waals surface area contributed by atoms with Crippen LogP contribution < -0.4 is 0 Å². The standard InChI is InChI=1S/C11H16N2O2/c1-3-13-7-9-5-8(6-10(9)12-13)11(14)15-4-2/h7-8H,3-6H2,1-2H3. The fourth-order valence-corrected chi connectivity index (χ4v) is 2.00. The summed E-state index contributed by atoms with van der Waals surface area (Å²) >= 11 is 0. The maximum Gasteiger partial charge on any atom is 0.309 e. The molecule has 1 aliphatic carbocycles. The van der Waals surface area contributed by atoms with Crippen molar-refractivity contribution < 1.29 is 9.53 Å². The first-order valence-electron chi connectivity index (χ1n) is 5.46. The molecular weight excluding hydrogens is 192 g/mol. The van der Waals surface area contributed by atoms with Crippen LogP contribution in [-0.4, -0.2) is 22.4 Å². The van der Waals surface area contributed by atoms with Crippen molar-refractivity contribution in [3.8, 4) is 0 Å².